The zero-order valence-electron chi connectivity index (χ0n) is 19.6. The van der Waals surface area contributed by atoms with Crippen LogP contribution >= 0.6 is 0 Å². The Kier molecular flexibility index (Phi) is 7.36. The van der Waals surface area contributed by atoms with Gasteiger partial charge in [-0.2, -0.15) is 0 Å². The van der Waals surface area contributed by atoms with Crippen LogP contribution in [0.15, 0.2) is 41.9 Å². The largest absolute Gasteiger partial charge is 0.371 e. The third-order valence-corrected chi connectivity index (χ3v) is 5.91. The van der Waals surface area contributed by atoms with Crippen molar-refractivity contribution in [2.45, 2.75) is 58.5 Å². The molecule has 0 amide bonds. The van der Waals surface area contributed by atoms with E-state index >= 15 is 0 Å². The van der Waals surface area contributed by atoms with Crippen molar-refractivity contribution in [1.82, 2.24) is 25.4 Å². The number of aliphatic imine (C=N–C) groups is 1. The second-order valence-corrected chi connectivity index (χ2v) is 9.26. The monoisotopic (exact) mass is 423 g/mol. The number of anilines is 1. The first-order valence-electron chi connectivity index (χ1n) is 11.1. The van der Waals surface area contributed by atoms with Gasteiger partial charge < -0.3 is 20.1 Å². The van der Waals surface area contributed by atoms with E-state index in [-0.39, 0.29) is 5.41 Å². The van der Waals surface area contributed by atoms with Gasteiger partial charge in [0.1, 0.15) is 12.4 Å². The van der Waals surface area contributed by atoms with E-state index in [1.165, 1.54) is 11.3 Å². The van der Waals surface area contributed by atoms with E-state index in [0.29, 0.717) is 19.1 Å². The highest BCUT2D eigenvalue weighted by Crippen LogP contribution is 2.26. The highest BCUT2D eigenvalue weighted by molar-refractivity contribution is 5.80. The number of hydrogen-bond donors (Lipinski definition) is 2. The van der Waals surface area contributed by atoms with Crippen LogP contribution in [0.1, 0.15) is 50.8 Å². The van der Waals surface area contributed by atoms with Crippen molar-refractivity contribution >= 4 is 11.6 Å². The standard InChI is InChI=1S/C24H37N7/c1-7-14-25-23(26-17-22-29-28-18(2)30(22)6)27-20-12-15-31(16-13-20)21-10-8-19(9-11-21)24(3,4)5/h7-11,20H,1,12-17H2,2-6H3,(H2,25,26,27). The Bertz CT molecular complexity index is 882. The quantitative estimate of drug-likeness (QED) is 0.424. The fraction of sp³-hybridized carbons (Fsp3) is 0.542. The highest BCUT2D eigenvalue weighted by Gasteiger charge is 2.21. The molecule has 0 bridgehead atoms. The maximum atomic E-state index is 4.72. The Morgan fingerprint density at radius 1 is 1.19 bits per heavy atom. The number of benzene rings is 1. The smallest absolute Gasteiger partial charge is 0.192 e. The number of hydrogen-bond acceptors (Lipinski definition) is 4. The van der Waals surface area contributed by atoms with Crippen LogP contribution < -0.4 is 15.5 Å². The molecule has 1 aliphatic heterocycles. The summed E-state index contributed by atoms with van der Waals surface area (Å²) in [7, 11) is 1.97. The van der Waals surface area contributed by atoms with Crippen LogP contribution in [0, 0.1) is 6.92 Å². The Hall–Kier alpha value is -2.83. The fourth-order valence-corrected chi connectivity index (χ4v) is 3.71. The molecule has 1 saturated heterocycles. The van der Waals surface area contributed by atoms with E-state index in [1.54, 1.807) is 0 Å². The summed E-state index contributed by atoms with van der Waals surface area (Å²) < 4.78 is 1.97. The van der Waals surface area contributed by atoms with E-state index in [1.807, 2.05) is 24.6 Å². The molecule has 7 nitrogen and oxygen atoms in total. The molecule has 0 spiro atoms. The van der Waals surface area contributed by atoms with Crippen LogP contribution in [0.2, 0.25) is 0 Å². The molecule has 168 valence electrons. The van der Waals surface area contributed by atoms with Crippen molar-refractivity contribution in [3.8, 4) is 0 Å². The van der Waals surface area contributed by atoms with E-state index in [2.05, 4.69) is 77.3 Å². The molecule has 3 rings (SSSR count). The number of nitrogens with one attached hydrogen (secondary N) is 2. The van der Waals surface area contributed by atoms with Crippen molar-refractivity contribution in [3.63, 3.8) is 0 Å². The molecule has 0 saturated carbocycles. The Morgan fingerprint density at radius 2 is 1.87 bits per heavy atom. The summed E-state index contributed by atoms with van der Waals surface area (Å²) >= 11 is 0. The number of aryl methyl sites for hydroxylation is 1. The second kappa shape index (κ2) is 9.98. The fourth-order valence-electron chi connectivity index (χ4n) is 3.71. The molecule has 0 atom stereocenters. The first-order chi connectivity index (χ1) is 14.8. The molecule has 1 fully saturated rings. The topological polar surface area (TPSA) is 70.4 Å². The van der Waals surface area contributed by atoms with Gasteiger partial charge in [-0.1, -0.05) is 39.0 Å². The molecule has 0 aliphatic carbocycles. The van der Waals surface area contributed by atoms with Gasteiger partial charge in [-0.25, -0.2) is 4.99 Å². The van der Waals surface area contributed by atoms with Crippen molar-refractivity contribution in [3.05, 3.63) is 54.1 Å². The summed E-state index contributed by atoms with van der Waals surface area (Å²) in [6.45, 7) is 15.7. The first-order valence-corrected chi connectivity index (χ1v) is 11.1. The molecular formula is C24H37N7. The molecule has 2 aromatic rings. The predicted octanol–water partition coefficient (Wildman–Crippen LogP) is 3.31. The zero-order chi connectivity index (χ0) is 22.4. The van der Waals surface area contributed by atoms with E-state index in [0.717, 1.165) is 43.5 Å². The van der Waals surface area contributed by atoms with Crippen molar-refractivity contribution in [2.75, 3.05) is 24.5 Å². The zero-order valence-corrected chi connectivity index (χ0v) is 19.6. The molecule has 1 aromatic carbocycles. The lowest BCUT2D eigenvalue weighted by molar-refractivity contribution is 0.461. The molecule has 0 unspecified atom stereocenters. The summed E-state index contributed by atoms with van der Waals surface area (Å²) in [5.74, 6) is 2.54. The van der Waals surface area contributed by atoms with Gasteiger partial charge in [0.25, 0.3) is 0 Å². The van der Waals surface area contributed by atoms with Crippen molar-refractivity contribution in [1.29, 1.82) is 0 Å². The van der Waals surface area contributed by atoms with Crippen LogP contribution in [0.5, 0.6) is 0 Å². The van der Waals surface area contributed by atoms with Crippen LogP contribution in [-0.2, 0) is 19.0 Å². The van der Waals surface area contributed by atoms with Crippen molar-refractivity contribution < 1.29 is 0 Å². The summed E-state index contributed by atoms with van der Waals surface area (Å²) in [4.78, 5) is 7.19. The van der Waals surface area contributed by atoms with Gasteiger partial charge in [-0.15, -0.1) is 16.8 Å². The minimum absolute atomic E-state index is 0.188. The van der Waals surface area contributed by atoms with E-state index in [9.17, 15) is 0 Å². The molecular weight excluding hydrogens is 386 g/mol. The minimum Gasteiger partial charge on any atom is -0.371 e. The molecule has 31 heavy (non-hydrogen) atoms. The highest BCUT2D eigenvalue weighted by atomic mass is 15.3. The lowest BCUT2D eigenvalue weighted by Gasteiger charge is -2.35. The van der Waals surface area contributed by atoms with Gasteiger partial charge in [0.15, 0.2) is 11.8 Å². The average Bonchev–Trinajstić information content (AvgIpc) is 3.08. The summed E-state index contributed by atoms with van der Waals surface area (Å²) in [5.41, 5.74) is 2.87. The minimum atomic E-state index is 0.188. The van der Waals surface area contributed by atoms with Gasteiger partial charge in [-0.3, -0.25) is 0 Å². The Morgan fingerprint density at radius 3 is 2.42 bits per heavy atom. The van der Waals surface area contributed by atoms with Gasteiger partial charge in [0.05, 0.1) is 0 Å². The molecule has 1 aromatic heterocycles. The maximum absolute atomic E-state index is 4.72. The van der Waals surface area contributed by atoms with Crippen LogP contribution in [-0.4, -0.2) is 46.4 Å². The Labute approximate surface area is 186 Å². The van der Waals surface area contributed by atoms with Gasteiger partial charge in [0, 0.05) is 38.4 Å². The summed E-state index contributed by atoms with van der Waals surface area (Å²) in [6.07, 6.45) is 3.98. The maximum Gasteiger partial charge on any atom is 0.192 e. The SMILES string of the molecule is C=CCNC(=NCc1nnc(C)n1C)NC1CCN(c2ccc(C(C)(C)C)cc2)CC1. The lowest BCUT2D eigenvalue weighted by atomic mass is 9.87. The Balaban J connectivity index is 1.57. The van der Waals surface area contributed by atoms with Crippen LogP contribution in [0.4, 0.5) is 5.69 Å². The van der Waals surface area contributed by atoms with Crippen LogP contribution in [0.25, 0.3) is 0 Å². The number of nitrogens with zero attached hydrogens (tertiary/aromatic N) is 5. The van der Waals surface area contributed by atoms with Gasteiger partial charge in [0.2, 0.25) is 0 Å². The summed E-state index contributed by atoms with van der Waals surface area (Å²) in [6, 6.07) is 9.43. The molecule has 2 N–H and O–H groups in total. The third kappa shape index (κ3) is 6.09. The average molecular weight is 424 g/mol. The second-order valence-electron chi connectivity index (χ2n) is 9.26. The van der Waals surface area contributed by atoms with Gasteiger partial charge in [-0.05, 0) is 42.9 Å². The van der Waals surface area contributed by atoms with E-state index < -0.39 is 0 Å². The first kappa shape index (κ1) is 22.8. The van der Waals surface area contributed by atoms with Gasteiger partial charge >= 0.3 is 0 Å². The van der Waals surface area contributed by atoms with E-state index in [4.69, 9.17) is 4.99 Å². The summed E-state index contributed by atoms with van der Waals surface area (Å²) in [5, 5.41) is 15.2. The third-order valence-electron chi connectivity index (χ3n) is 5.91. The lowest BCUT2D eigenvalue weighted by Crippen LogP contribution is -2.48. The van der Waals surface area contributed by atoms with Crippen molar-refractivity contribution in [2.24, 2.45) is 12.0 Å². The molecule has 1 aliphatic rings. The number of guanidine groups is 1. The predicted molar refractivity (Wildman–Crippen MR) is 129 cm³/mol. The van der Waals surface area contributed by atoms with Crippen LogP contribution in [0.3, 0.4) is 0 Å². The normalized spacial score (nSPS) is 15.8. The molecule has 0 radical (unpaired) electrons. The molecule has 7 heteroatoms. The molecule has 2 heterocycles. The number of rotatable bonds is 6. The number of piperidine rings is 1. The number of aromatic nitrogens is 3.